The van der Waals surface area contributed by atoms with Crippen LogP contribution in [0.15, 0.2) is 47.3 Å². The Morgan fingerprint density at radius 2 is 1.80 bits per heavy atom. The number of hydrogen-bond acceptors (Lipinski definition) is 6. The lowest BCUT2D eigenvalue weighted by atomic mass is 10.1. The molecular weight excluding hydrogens is 565 g/mol. The van der Waals surface area contributed by atoms with Crippen molar-refractivity contribution in [1.29, 1.82) is 0 Å². The minimum atomic E-state index is -0.554. The largest absolute Gasteiger partial charge is 0.484 e. The minimum Gasteiger partial charge on any atom is -0.484 e. The van der Waals surface area contributed by atoms with Crippen LogP contribution in [0.2, 0.25) is 0 Å². The maximum absolute atomic E-state index is 15.0. The summed E-state index contributed by atoms with van der Waals surface area (Å²) in [6, 6.07) is 11.3. The molecule has 2 aromatic carbocycles. The molecule has 44 heavy (non-hydrogen) atoms. The van der Waals surface area contributed by atoms with Gasteiger partial charge in [-0.05, 0) is 69.4 Å². The fourth-order valence-corrected chi connectivity index (χ4v) is 4.84. The fraction of sp³-hybridized carbons (Fsp3) is 0.394. The molecule has 0 radical (unpaired) electrons. The number of ether oxygens (including phenoxy) is 1. The number of rotatable bonds is 11. The van der Waals surface area contributed by atoms with Crippen molar-refractivity contribution in [2.24, 2.45) is 7.05 Å². The van der Waals surface area contributed by atoms with E-state index in [1.165, 1.54) is 28.6 Å². The molecule has 2 N–H and O–H groups in total. The van der Waals surface area contributed by atoms with Gasteiger partial charge in [-0.3, -0.25) is 28.6 Å². The minimum absolute atomic E-state index is 0.0232. The summed E-state index contributed by atoms with van der Waals surface area (Å²) in [6.45, 7) is 7.10. The Morgan fingerprint density at radius 3 is 2.41 bits per heavy atom. The van der Waals surface area contributed by atoms with E-state index < -0.39 is 17.3 Å². The standard InChI is InChI=1S/C31H34FN5O5.C2H6/c1-18-8-13-25(24(32)14-18)34-29-27(31(41)35(3)21-11-12-21)28(19(2)30(40)36(29)4)37(17-38)22-6-5-7-23(15-22)42-16-26(39)33-20-9-10-20;1-2/h5-8,13-15,17,20-21,34H,9-12,16H2,1-4H3,(H,33,39);1-2H3. The topological polar surface area (TPSA) is 113 Å². The molecule has 10 nitrogen and oxygen atoms in total. The summed E-state index contributed by atoms with van der Waals surface area (Å²) in [7, 11) is 3.17. The lowest BCUT2D eigenvalue weighted by Gasteiger charge is -2.28. The molecule has 234 valence electrons. The van der Waals surface area contributed by atoms with E-state index in [0.717, 1.165) is 25.7 Å². The van der Waals surface area contributed by atoms with Crippen molar-refractivity contribution >= 4 is 41.1 Å². The van der Waals surface area contributed by atoms with Crippen LogP contribution in [0.1, 0.15) is 61.0 Å². The third kappa shape index (κ3) is 7.10. The molecule has 0 unspecified atom stereocenters. The van der Waals surface area contributed by atoms with Crippen LogP contribution in [0, 0.1) is 19.7 Å². The van der Waals surface area contributed by atoms with Gasteiger partial charge in [0.2, 0.25) is 6.41 Å². The van der Waals surface area contributed by atoms with Gasteiger partial charge in [-0.15, -0.1) is 0 Å². The number of amides is 3. The Morgan fingerprint density at radius 1 is 1.09 bits per heavy atom. The van der Waals surface area contributed by atoms with Gasteiger partial charge in [0.1, 0.15) is 22.9 Å². The molecule has 0 saturated heterocycles. The first-order valence-electron chi connectivity index (χ1n) is 14.9. The fourth-order valence-electron chi connectivity index (χ4n) is 4.84. The molecule has 2 aliphatic carbocycles. The van der Waals surface area contributed by atoms with Gasteiger partial charge >= 0.3 is 0 Å². The number of benzene rings is 2. The van der Waals surface area contributed by atoms with E-state index in [1.807, 2.05) is 13.8 Å². The first-order chi connectivity index (χ1) is 21.1. The monoisotopic (exact) mass is 605 g/mol. The van der Waals surface area contributed by atoms with E-state index in [4.69, 9.17) is 4.74 Å². The molecule has 1 aromatic heterocycles. The van der Waals surface area contributed by atoms with Crippen LogP contribution in [-0.2, 0) is 16.6 Å². The van der Waals surface area contributed by atoms with Gasteiger partial charge in [-0.25, -0.2) is 4.39 Å². The summed E-state index contributed by atoms with van der Waals surface area (Å²) in [5, 5.41) is 5.82. The molecule has 2 fully saturated rings. The third-order valence-electron chi connectivity index (χ3n) is 7.55. The van der Waals surface area contributed by atoms with Crippen molar-refractivity contribution < 1.29 is 23.5 Å². The number of pyridine rings is 1. The number of nitrogens with one attached hydrogen (secondary N) is 2. The van der Waals surface area contributed by atoms with Crippen LogP contribution in [0.5, 0.6) is 5.75 Å². The number of aryl methyl sites for hydroxylation is 1. The molecular formula is C33H40FN5O5. The first-order valence-corrected chi connectivity index (χ1v) is 14.9. The van der Waals surface area contributed by atoms with E-state index in [-0.39, 0.29) is 52.9 Å². The molecule has 1 heterocycles. The lowest BCUT2D eigenvalue weighted by Crippen LogP contribution is -2.35. The summed E-state index contributed by atoms with van der Waals surface area (Å²) in [4.78, 5) is 55.2. The summed E-state index contributed by atoms with van der Waals surface area (Å²) in [6.07, 6.45) is 4.10. The molecule has 0 bridgehead atoms. The second-order valence-corrected chi connectivity index (χ2v) is 10.9. The van der Waals surface area contributed by atoms with Gasteiger partial charge in [0.25, 0.3) is 17.4 Å². The zero-order valence-corrected chi connectivity index (χ0v) is 26.1. The molecule has 2 aliphatic rings. The van der Waals surface area contributed by atoms with E-state index >= 15 is 0 Å². The molecule has 11 heteroatoms. The van der Waals surface area contributed by atoms with Crippen LogP contribution in [-0.4, -0.2) is 53.4 Å². The predicted octanol–water partition coefficient (Wildman–Crippen LogP) is 5.10. The van der Waals surface area contributed by atoms with Crippen molar-refractivity contribution in [1.82, 2.24) is 14.8 Å². The van der Waals surface area contributed by atoms with E-state index in [2.05, 4.69) is 10.6 Å². The highest BCUT2D eigenvalue weighted by molar-refractivity contribution is 6.09. The Kier molecular flexibility index (Phi) is 10.1. The van der Waals surface area contributed by atoms with Gasteiger partial charge in [0, 0.05) is 37.8 Å². The van der Waals surface area contributed by atoms with E-state index in [0.29, 0.717) is 23.4 Å². The Labute approximate surface area is 256 Å². The summed E-state index contributed by atoms with van der Waals surface area (Å²) in [5.74, 6) is -0.835. The molecule has 0 atom stereocenters. The average molecular weight is 606 g/mol. The highest BCUT2D eigenvalue weighted by Gasteiger charge is 2.36. The molecule has 5 rings (SSSR count). The number of hydrogen-bond donors (Lipinski definition) is 2. The van der Waals surface area contributed by atoms with Crippen LogP contribution >= 0.6 is 0 Å². The second-order valence-electron chi connectivity index (χ2n) is 10.9. The van der Waals surface area contributed by atoms with Crippen LogP contribution in [0.4, 0.5) is 27.3 Å². The Hall–Kier alpha value is -4.67. The predicted molar refractivity (Wildman–Crippen MR) is 169 cm³/mol. The number of nitrogens with zero attached hydrogens (tertiary/aromatic N) is 3. The quantitative estimate of drug-likeness (QED) is 0.294. The maximum atomic E-state index is 15.0. The van der Waals surface area contributed by atoms with Gasteiger partial charge in [-0.2, -0.15) is 0 Å². The zero-order chi connectivity index (χ0) is 32.1. The highest BCUT2D eigenvalue weighted by Crippen LogP contribution is 2.38. The van der Waals surface area contributed by atoms with Crippen LogP contribution in [0.3, 0.4) is 0 Å². The van der Waals surface area contributed by atoms with Crippen molar-refractivity contribution in [2.75, 3.05) is 23.9 Å². The van der Waals surface area contributed by atoms with Crippen molar-refractivity contribution in [3.05, 3.63) is 75.3 Å². The average Bonchev–Trinajstić information content (AvgIpc) is 3.95. The first kappa shape index (κ1) is 32.2. The molecule has 0 spiro atoms. The number of carbonyl (C=O) groups is 3. The second kappa shape index (κ2) is 13.7. The number of aromatic nitrogens is 1. The molecule has 2 saturated carbocycles. The van der Waals surface area contributed by atoms with Crippen molar-refractivity contribution in [2.45, 2.75) is 65.5 Å². The van der Waals surface area contributed by atoms with Crippen LogP contribution in [0.25, 0.3) is 0 Å². The SMILES string of the molecule is CC.Cc1ccc(Nc2c(C(=O)N(C)C3CC3)c(N(C=O)c3cccc(OCC(=O)NC4CC4)c3)c(C)c(=O)n2C)c(F)c1. The molecule has 0 aliphatic heterocycles. The highest BCUT2D eigenvalue weighted by atomic mass is 19.1. The maximum Gasteiger partial charge on any atom is 0.259 e. The number of carbonyl (C=O) groups excluding carboxylic acids is 3. The smallest absolute Gasteiger partial charge is 0.259 e. The molecule has 3 amide bonds. The van der Waals surface area contributed by atoms with Gasteiger partial charge in [-0.1, -0.05) is 26.0 Å². The van der Waals surface area contributed by atoms with E-state index in [1.54, 1.807) is 56.1 Å². The Balaban J connectivity index is 0.00000216. The van der Waals surface area contributed by atoms with Gasteiger partial charge < -0.3 is 20.3 Å². The summed E-state index contributed by atoms with van der Waals surface area (Å²) < 4.78 is 21.9. The normalized spacial score (nSPS) is 13.7. The third-order valence-corrected chi connectivity index (χ3v) is 7.55. The van der Waals surface area contributed by atoms with Crippen molar-refractivity contribution in [3.8, 4) is 5.75 Å². The summed E-state index contributed by atoms with van der Waals surface area (Å²) in [5.41, 5.74) is 0.906. The van der Waals surface area contributed by atoms with E-state index in [9.17, 15) is 23.6 Å². The van der Waals surface area contributed by atoms with Crippen molar-refractivity contribution in [3.63, 3.8) is 0 Å². The van der Waals surface area contributed by atoms with Gasteiger partial charge in [0.15, 0.2) is 6.61 Å². The summed E-state index contributed by atoms with van der Waals surface area (Å²) >= 11 is 0. The van der Waals surface area contributed by atoms with Crippen LogP contribution < -0.4 is 25.8 Å². The van der Waals surface area contributed by atoms with Gasteiger partial charge in [0.05, 0.1) is 17.1 Å². The Bertz CT molecular complexity index is 1610. The lowest BCUT2D eigenvalue weighted by molar-refractivity contribution is -0.123. The molecule has 3 aromatic rings. The zero-order valence-electron chi connectivity index (χ0n) is 26.1. The number of halogens is 1. The number of anilines is 4.